The number of hydrogen-bond acceptors (Lipinski definition) is 7. The predicted octanol–water partition coefficient (Wildman–Crippen LogP) is 4.57. The number of halogens is 2. The highest BCUT2D eigenvalue weighted by atomic mass is 19.2. The second-order valence-electron chi connectivity index (χ2n) is 7.44. The molecule has 0 fully saturated rings. The molecule has 34 heavy (non-hydrogen) atoms. The fourth-order valence-corrected chi connectivity index (χ4v) is 3.46. The van der Waals surface area contributed by atoms with Crippen molar-refractivity contribution in [3.05, 3.63) is 102 Å². The Morgan fingerprint density at radius 2 is 1.88 bits per heavy atom. The topological polar surface area (TPSA) is 88.2 Å². The fraction of sp³-hybridized carbons (Fsp3) is 0.125. The first-order valence-corrected chi connectivity index (χ1v) is 10.5. The van der Waals surface area contributed by atoms with E-state index in [2.05, 4.69) is 25.5 Å². The van der Waals surface area contributed by atoms with E-state index in [-0.39, 0.29) is 13.3 Å². The number of hydrogen-bond donors (Lipinski definition) is 2. The summed E-state index contributed by atoms with van der Waals surface area (Å²) in [7, 11) is 0. The number of nitrogens with one attached hydrogen (secondary N) is 2. The molecular weight excluding hydrogens is 442 g/mol. The Morgan fingerprint density at radius 1 is 1.00 bits per heavy atom. The van der Waals surface area contributed by atoms with Gasteiger partial charge in [-0.2, -0.15) is 4.98 Å². The molecule has 0 saturated carbocycles. The molecule has 4 aromatic rings. The van der Waals surface area contributed by atoms with E-state index in [0.29, 0.717) is 41.1 Å². The van der Waals surface area contributed by atoms with Gasteiger partial charge < -0.3 is 14.8 Å². The van der Waals surface area contributed by atoms with Crippen LogP contribution < -0.4 is 10.2 Å². The molecule has 10 heteroatoms. The Kier molecular flexibility index (Phi) is 6.02. The summed E-state index contributed by atoms with van der Waals surface area (Å²) in [5.41, 5.74) is 2.29. The van der Waals surface area contributed by atoms with Gasteiger partial charge in [-0.1, -0.05) is 36.4 Å². The molecule has 8 nitrogen and oxygen atoms in total. The van der Waals surface area contributed by atoms with Crippen molar-refractivity contribution in [1.29, 1.82) is 0 Å². The van der Waals surface area contributed by atoms with Gasteiger partial charge in [0.1, 0.15) is 12.1 Å². The molecule has 0 spiro atoms. The average Bonchev–Trinajstić information content (AvgIpc) is 3.57. The van der Waals surface area contributed by atoms with Crippen LogP contribution in [-0.2, 0) is 22.6 Å². The van der Waals surface area contributed by atoms with Gasteiger partial charge in [-0.05, 0) is 35.4 Å². The molecule has 5 rings (SSSR count). The van der Waals surface area contributed by atoms with E-state index in [9.17, 15) is 8.78 Å². The van der Waals surface area contributed by atoms with Gasteiger partial charge in [-0.15, -0.1) is 5.10 Å². The molecule has 1 aliphatic heterocycles. The van der Waals surface area contributed by atoms with Crippen molar-refractivity contribution in [2.45, 2.75) is 13.1 Å². The fourth-order valence-electron chi connectivity index (χ4n) is 3.46. The summed E-state index contributed by atoms with van der Waals surface area (Å²) < 4.78 is 37.6. The van der Waals surface area contributed by atoms with Gasteiger partial charge in [0.05, 0.1) is 12.1 Å². The molecule has 0 bridgehead atoms. The third-order valence-corrected chi connectivity index (χ3v) is 5.13. The van der Waals surface area contributed by atoms with Crippen LogP contribution in [0.3, 0.4) is 0 Å². The summed E-state index contributed by atoms with van der Waals surface area (Å²) in [6, 6.07) is 17.2. The number of rotatable bonds is 8. The third kappa shape index (κ3) is 4.65. The zero-order valence-corrected chi connectivity index (χ0v) is 17.9. The van der Waals surface area contributed by atoms with E-state index in [1.807, 2.05) is 36.4 Å². The summed E-state index contributed by atoms with van der Waals surface area (Å²) >= 11 is 0. The van der Waals surface area contributed by atoms with E-state index in [1.54, 1.807) is 17.2 Å². The van der Waals surface area contributed by atoms with Gasteiger partial charge in [0.2, 0.25) is 12.7 Å². The van der Waals surface area contributed by atoms with Crippen LogP contribution in [0.2, 0.25) is 0 Å². The minimum atomic E-state index is -0.897. The molecule has 0 unspecified atom stereocenters. The van der Waals surface area contributed by atoms with Crippen LogP contribution in [0.5, 0.6) is 0 Å². The minimum Gasteiger partial charge on any atom is -0.459 e. The Morgan fingerprint density at radius 3 is 2.68 bits per heavy atom. The molecule has 0 amide bonds. The zero-order chi connectivity index (χ0) is 23.3. The highest BCUT2D eigenvalue weighted by molar-refractivity contribution is 5.70. The van der Waals surface area contributed by atoms with Crippen LogP contribution in [0.25, 0.3) is 11.4 Å². The third-order valence-electron chi connectivity index (χ3n) is 5.13. The quantitative estimate of drug-likeness (QED) is 0.397. The van der Waals surface area contributed by atoms with Crippen LogP contribution in [-0.4, -0.2) is 27.0 Å². The van der Waals surface area contributed by atoms with Crippen LogP contribution >= 0.6 is 0 Å². The molecule has 0 atom stereocenters. The molecule has 2 aromatic carbocycles. The van der Waals surface area contributed by atoms with E-state index in [4.69, 9.17) is 9.47 Å². The van der Waals surface area contributed by atoms with Gasteiger partial charge in [-0.3, -0.25) is 10.00 Å². The number of aromatic amines is 1. The number of nitrogens with zero attached hydrogens (tertiary/aromatic N) is 4. The number of pyridine rings is 1. The van der Waals surface area contributed by atoms with Crippen molar-refractivity contribution in [2.75, 3.05) is 17.0 Å². The van der Waals surface area contributed by atoms with Crippen LogP contribution in [0.4, 0.5) is 20.5 Å². The highest BCUT2D eigenvalue weighted by Gasteiger charge is 2.23. The number of H-pyrrole nitrogens is 1. The number of anilines is 2. The Bertz CT molecular complexity index is 1310. The van der Waals surface area contributed by atoms with Crippen molar-refractivity contribution in [3.8, 4) is 11.4 Å². The average molecular weight is 462 g/mol. The molecule has 3 heterocycles. The maximum atomic E-state index is 13.5. The largest absolute Gasteiger partial charge is 0.459 e. The molecule has 2 N–H and O–H groups in total. The number of aromatic nitrogens is 4. The lowest BCUT2D eigenvalue weighted by atomic mass is 10.2. The normalized spacial score (nSPS) is 12.6. The van der Waals surface area contributed by atoms with E-state index in [0.717, 1.165) is 17.7 Å². The van der Waals surface area contributed by atoms with Crippen molar-refractivity contribution >= 4 is 11.8 Å². The van der Waals surface area contributed by atoms with E-state index >= 15 is 0 Å². The molecule has 0 radical (unpaired) electrons. The standard InChI is InChI=1S/C24H20F2N6O2/c25-19-9-8-17(11-20(19)26)12-28-22-18(7-4-10-27-22)23-29-24(31-30-23)32(21-14-33-15-34-21)13-16-5-2-1-3-6-16/h1-11,14H,12-13,15H2,(H,27,28)(H,29,30,31). The van der Waals surface area contributed by atoms with Gasteiger partial charge in [0, 0.05) is 12.7 Å². The molecule has 172 valence electrons. The van der Waals surface area contributed by atoms with Crippen molar-refractivity contribution in [1.82, 2.24) is 20.2 Å². The lowest BCUT2D eigenvalue weighted by Gasteiger charge is -2.20. The Balaban J connectivity index is 1.39. The van der Waals surface area contributed by atoms with Crippen molar-refractivity contribution in [3.63, 3.8) is 0 Å². The zero-order valence-electron chi connectivity index (χ0n) is 17.9. The van der Waals surface area contributed by atoms with Gasteiger partial charge in [0.25, 0.3) is 5.95 Å². The van der Waals surface area contributed by atoms with E-state index < -0.39 is 11.6 Å². The lowest BCUT2D eigenvalue weighted by Crippen LogP contribution is -2.23. The summed E-state index contributed by atoms with van der Waals surface area (Å²) in [6.45, 7) is 0.848. The molecule has 2 aromatic heterocycles. The van der Waals surface area contributed by atoms with Crippen LogP contribution in [0.1, 0.15) is 11.1 Å². The first-order valence-electron chi connectivity index (χ1n) is 10.5. The van der Waals surface area contributed by atoms with Gasteiger partial charge >= 0.3 is 0 Å². The molecule has 0 aliphatic carbocycles. The summed E-state index contributed by atoms with van der Waals surface area (Å²) in [6.07, 6.45) is 3.16. The first-order chi connectivity index (χ1) is 16.7. The monoisotopic (exact) mass is 462 g/mol. The van der Waals surface area contributed by atoms with Crippen LogP contribution in [0.15, 0.2) is 79.0 Å². The second kappa shape index (κ2) is 9.57. The minimum absolute atomic E-state index is 0.124. The maximum absolute atomic E-state index is 13.5. The maximum Gasteiger partial charge on any atom is 0.252 e. The predicted molar refractivity (Wildman–Crippen MR) is 121 cm³/mol. The van der Waals surface area contributed by atoms with E-state index in [1.165, 1.54) is 12.3 Å². The number of benzene rings is 2. The van der Waals surface area contributed by atoms with Crippen LogP contribution in [0, 0.1) is 11.6 Å². The molecular formula is C24H20F2N6O2. The second-order valence-corrected chi connectivity index (χ2v) is 7.44. The Hall–Kier alpha value is -4.47. The summed E-state index contributed by atoms with van der Waals surface area (Å²) in [5.74, 6) is 0.107. The summed E-state index contributed by atoms with van der Waals surface area (Å²) in [5, 5.41) is 10.5. The Labute approximate surface area is 193 Å². The lowest BCUT2D eigenvalue weighted by molar-refractivity contribution is 0.0780. The first kappa shape index (κ1) is 21.4. The number of ether oxygens (including phenoxy) is 2. The smallest absolute Gasteiger partial charge is 0.252 e. The SMILES string of the molecule is Fc1ccc(CNc2ncccc2-c2nc(N(Cc3ccccc3)C3=COCO3)n[nH]2)cc1F. The molecule has 0 saturated heterocycles. The van der Waals surface area contributed by atoms with Gasteiger partial charge in [-0.25, -0.2) is 13.8 Å². The van der Waals surface area contributed by atoms with Crippen molar-refractivity contribution in [2.24, 2.45) is 0 Å². The van der Waals surface area contributed by atoms with Gasteiger partial charge in [0.15, 0.2) is 17.5 Å². The molecule has 1 aliphatic rings. The van der Waals surface area contributed by atoms with Crippen molar-refractivity contribution < 1.29 is 18.3 Å². The summed E-state index contributed by atoms with van der Waals surface area (Å²) in [4.78, 5) is 10.8. The highest BCUT2D eigenvalue weighted by Crippen LogP contribution is 2.27.